The fourth-order valence-electron chi connectivity index (χ4n) is 0.987. The maximum Gasteiger partial charge on any atom is 0.0701 e. The van der Waals surface area contributed by atoms with Gasteiger partial charge in [-0.15, -0.1) is 0 Å². The van der Waals surface area contributed by atoms with Crippen molar-refractivity contribution >= 4 is 0 Å². The van der Waals surface area contributed by atoms with Crippen molar-refractivity contribution in [3.05, 3.63) is 0 Å². The van der Waals surface area contributed by atoms with Gasteiger partial charge in [-0.05, 0) is 19.8 Å². The van der Waals surface area contributed by atoms with Crippen LogP contribution in [0.3, 0.4) is 0 Å². The van der Waals surface area contributed by atoms with Crippen molar-refractivity contribution in [2.45, 2.75) is 25.8 Å². The van der Waals surface area contributed by atoms with E-state index in [4.69, 9.17) is 9.47 Å². The molecule has 1 fully saturated rings. The van der Waals surface area contributed by atoms with Crippen LogP contribution in [-0.2, 0) is 9.47 Å². The fraction of sp³-hybridized carbons (Fsp3) is 1.00. The Morgan fingerprint density at radius 2 is 1.92 bits per heavy atom. The smallest absolute Gasteiger partial charge is 0.0701 e. The van der Waals surface area contributed by atoms with Crippen LogP contribution in [0.25, 0.3) is 0 Å². The Labute approximate surface area is 74.4 Å². The maximum atomic E-state index is 5.33. The van der Waals surface area contributed by atoms with Gasteiger partial charge in [-0.2, -0.15) is 0 Å². The SMILES string of the molecule is CCOCCOCCNC1CC1. The largest absolute Gasteiger partial charge is 0.379 e. The molecule has 0 aliphatic heterocycles. The summed E-state index contributed by atoms with van der Waals surface area (Å²) in [6, 6.07) is 0.792. The van der Waals surface area contributed by atoms with Crippen LogP contribution in [0.1, 0.15) is 19.8 Å². The van der Waals surface area contributed by atoms with Crippen LogP contribution in [0, 0.1) is 0 Å². The lowest BCUT2D eigenvalue weighted by atomic mass is 10.6. The van der Waals surface area contributed by atoms with Crippen molar-refractivity contribution in [2.75, 3.05) is 33.0 Å². The molecule has 0 atom stereocenters. The monoisotopic (exact) mass is 173 g/mol. The van der Waals surface area contributed by atoms with Crippen LogP contribution in [0.2, 0.25) is 0 Å². The van der Waals surface area contributed by atoms with Crippen LogP contribution < -0.4 is 5.32 Å². The van der Waals surface area contributed by atoms with Crippen LogP contribution in [0.5, 0.6) is 0 Å². The lowest BCUT2D eigenvalue weighted by molar-refractivity contribution is 0.0539. The molecule has 0 aromatic rings. The predicted molar refractivity (Wildman–Crippen MR) is 48.3 cm³/mol. The number of rotatable bonds is 8. The molecule has 0 saturated heterocycles. The zero-order valence-corrected chi connectivity index (χ0v) is 7.84. The molecule has 1 aliphatic carbocycles. The highest BCUT2D eigenvalue weighted by Gasteiger charge is 2.19. The van der Waals surface area contributed by atoms with E-state index in [0.29, 0.717) is 0 Å². The van der Waals surface area contributed by atoms with Gasteiger partial charge in [-0.3, -0.25) is 0 Å². The Hall–Kier alpha value is -0.120. The van der Waals surface area contributed by atoms with Crippen LogP contribution in [-0.4, -0.2) is 39.0 Å². The summed E-state index contributed by atoms with van der Waals surface area (Å²) < 4.78 is 10.5. The van der Waals surface area contributed by atoms with Gasteiger partial charge < -0.3 is 14.8 Å². The van der Waals surface area contributed by atoms with E-state index in [1.807, 2.05) is 6.92 Å². The van der Waals surface area contributed by atoms with Crippen molar-refractivity contribution in [1.29, 1.82) is 0 Å². The second kappa shape index (κ2) is 6.40. The topological polar surface area (TPSA) is 30.5 Å². The van der Waals surface area contributed by atoms with E-state index >= 15 is 0 Å². The zero-order chi connectivity index (χ0) is 8.65. The molecule has 1 N–H and O–H groups in total. The standard InChI is InChI=1S/C9H19NO2/c1-2-11-7-8-12-6-5-10-9-3-4-9/h9-10H,2-8H2,1H3. The summed E-state index contributed by atoms with van der Waals surface area (Å²) in [7, 11) is 0. The Balaban J connectivity index is 1.65. The summed E-state index contributed by atoms with van der Waals surface area (Å²) in [6.07, 6.45) is 2.69. The maximum absolute atomic E-state index is 5.33. The molecule has 1 aliphatic rings. The second-order valence-electron chi connectivity index (χ2n) is 3.04. The molecule has 72 valence electrons. The average Bonchev–Trinajstić information content (AvgIpc) is 2.87. The molecule has 0 bridgehead atoms. The van der Waals surface area contributed by atoms with Crippen molar-refractivity contribution in [3.63, 3.8) is 0 Å². The highest BCUT2D eigenvalue weighted by Crippen LogP contribution is 2.17. The number of hydrogen-bond acceptors (Lipinski definition) is 3. The van der Waals surface area contributed by atoms with Crippen molar-refractivity contribution in [2.24, 2.45) is 0 Å². The molecule has 1 rings (SSSR count). The third-order valence-electron chi connectivity index (χ3n) is 1.83. The van der Waals surface area contributed by atoms with Crippen molar-refractivity contribution in [1.82, 2.24) is 5.32 Å². The zero-order valence-electron chi connectivity index (χ0n) is 7.84. The molecule has 0 heterocycles. The van der Waals surface area contributed by atoms with Crippen LogP contribution >= 0.6 is 0 Å². The summed E-state index contributed by atoms with van der Waals surface area (Å²) in [6.45, 7) is 6.01. The molecule has 0 amide bonds. The molecular formula is C9H19NO2. The minimum Gasteiger partial charge on any atom is -0.379 e. The lowest BCUT2D eigenvalue weighted by Gasteiger charge is -2.04. The highest BCUT2D eigenvalue weighted by molar-refractivity contribution is 4.80. The summed E-state index contributed by atoms with van der Waals surface area (Å²) >= 11 is 0. The Kier molecular flexibility index (Phi) is 5.32. The quantitative estimate of drug-likeness (QED) is 0.550. The molecule has 0 aromatic carbocycles. The van der Waals surface area contributed by atoms with Gasteiger partial charge in [-0.25, -0.2) is 0 Å². The van der Waals surface area contributed by atoms with E-state index in [-0.39, 0.29) is 0 Å². The third kappa shape index (κ3) is 5.52. The number of ether oxygens (including phenoxy) is 2. The fourth-order valence-corrected chi connectivity index (χ4v) is 0.987. The molecule has 3 heteroatoms. The summed E-state index contributed by atoms with van der Waals surface area (Å²) in [5, 5.41) is 3.38. The van der Waals surface area contributed by atoms with E-state index in [9.17, 15) is 0 Å². The van der Waals surface area contributed by atoms with Crippen LogP contribution in [0.4, 0.5) is 0 Å². The molecule has 0 radical (unpaired) electrons. The first-order chi connectivity index (χ1) is 5.93. The summed E-state index contributed by atoms with van der Waals surface area (Å²) in [4.78, 5) is 0. The molecule has 0 spiro atoms. The minimum atomic E-state index is 0.722. The van der Waals surface area contributed by atoms with Gasteiger partial charge in [0.2, 0.25) is 0 Å². The first-order valence-corrected chi connectivity index (χ1v) is 4.82. The summed E-state index contributed by atoms with van der Waals surface area (Å²) in [5.74, 6) is 0. The third-order valence-corrected chi connectivity index (χ3v) is 1.83. The number of hydrogen-bond donors (Lipinski definition) is 1. The normalized spacial score (nSPS) is 16.8. The average molecular weight is 173 g/mol. The van der Waals surface area contributed by atoms with Gasteiger partial charge in [-0.1, -0.05) is 0 Å². The van der Waals surface area contributed by atoms with E-state index < -0.39 is 0 Å². The lowest BCUT2D eigenvalue weighted by Crippen LogP contribution is -2.22. The Bertz CT molecular complexity index is 105. The first kappa shape index (κ1) is 9.96. The summed E-state index contributed by atoms with van der Waals surface area (Å²) in [5.41, 5.74) is 0. The van der Waals surface area contributed by atoms with E-state index in [1.54, 1.807) is 0 Å². The molecule has 1 saturated carbocycles. The molecule has 3 nitrogen and oxygen atoms in total. The Morgan fingerprint density at radius 3 is 2.58 bits per heavy atom. The van der Waals surface area contributed by atoms with Crippen molar-refractivity contribution < 1.29 is 9.47 Å². The first-order valence-electron chi connectivity index (χ1n) is 4.82. The highest BCUT2D eigenvalue weighted by atomic mass is 16.5. The van der Waals surface area contributed by atoms with E-state index in [1.165, 1.54) is 12.8 Å². The predicted octanol–water partition coefficient (Wildman–Crippen LogP) is 0.791. The van der Waals surface area contributed by atoms with E-state index in [0.717, 1.165) is 39.0 Å². The molecule has 0 unspecified atom stereocenters. The van der Waals surface area contributed by atoms with E-state index in [2.05, 4.69) is 5.32 Å². The van der Waals surface area contributed by atoms with Crippen molar-refractivity contribution in [3.8, 4) is 0 Å². The van der Waals surface area contributed by atoms with Crippen LogP contribution in [0.15, 0.2) is 0 Å². The molecule has 0 aromatic heterocycles. The van der Waals surface area contributed by atoms with Gasteiger partial charge in [0.05, 0.1) is 19.8 Å². The van der Waals surface area contributed by atoms with Gasteiger partial charge in [0.15, 0.2) is 0 Å². The second-order valence-corrected chi connectivity index (χ2v) is 3.04. The minimum absolute atomic E-state index is 0.722. The Morgan fingerprint density at radius 1 is 1.17 bits per heavy atom. The van der Waals surface area contributed by atoms with Gasteiger partial charge >= 0.3 is 0 Å². The van der Waals surface area contributed by atoms with Gasteiger partial charge in [0.25, 0.3) is 0 Å². The molecular weight excluding hydrogens is 154 g/mol. The van der Waals surface area contributed by atoms with Gasteiger partial charge in [0.1, 0.15) is 0 Å². The van der Waals surface area contributed by atoms with Gasteiger partial charge in [0, 0.05) is 19.2 Å². The number of nitrogens with one attached hydrogen (secondary N) is 1. The molecule has 12 heavy (non-hydrogen) atoms.